The number of aryl methyl sites for hydroxylation is 2. The number of hydrogen-bond donors (Lipinski definition) is 2. The van der Waals surface area contributed by atoms with E-state index >= 15 is 0 Å². The van der Waals surface area contributed by atoms with Crippen molar-refractivity contribution in [1.29, 1.82) is 0 Å². The molecule has 156 valence electrons. The van der Waals surface area contributed by atoms with Crippen molar-refractivity contribution in [3.8, 4) is 0 Å². The molecule has 0 spiro atoms. The van der Waals surface area contributed by atoms with Crippen LogP contribution in [-0.4, -0.2) is 73.9 Å². The average Bonchev–Trinajstić information content (AvgIpc) is 3.01. The molecule has 0 aliphatic heterocycles. The summed E-state index contributed by atoms with van der Waals surface area (Å²) in [5, 5.41) is 6.75. The van der Waals surface area contributed by atoms with Crippen LogP contribution < -0.4 is 10.6 Å². The number of ether oxygens (including phenoxy) is 1. The van der Waals surface area contributed by atoms with Crippen molar-refractivity contribution in [1.82, 2.24) is 25.1 Å². The number of guanidine groups is 1. The number of methoxy groups -OCH3 is 1. The van der Waals surface area contributed by atoms with Gasteiger partial charge in [0.1, 0.15) is 5.82 Å². The predicted molar refractivity (Wildman–Crippen MR) is 117 cm³/mol. The number of nitrogens with zero attached hydrogens (tertiary/aromatic N) is 4. The highest BCUT2D eigenvalue weighted by Gasteiger charge is 2.06. The van der Waals surface area contributed by atoms with Gasteiger partial charge in [-0.15, -0.1) is 0 Å². The lowest BCUT2D eigenvalue weighted by atomic mass is 10.3. The fraction of sp³-hybridized carbons (Fsp3) is 0.619. The first-order valence-corrected chi connectivity index (χ1v) is 10.3. The number of aliphatic imine (C=N–C) groups is 1. The zero-order valence-corrected chi connectivity index (χ0v) is 17.9. The van der Waals surface area contributed by atoms with Gasteiger partial charge in [0, 0.05) is 39.8 Å². The third kappa shape index (κ3) is 7.13. The fourth-order valence-corrected chi connectivity index (χ4v) is 3.15. The molecule has 0 unspecified atom stereocenters. The molecule has 0 aliphatic carbocycles. The number of imidazole rings is 1. The molecule has 0 saturated heterocycles. The van der Waals surface area contributed by atoms with Gasteiger partial charge in [-0.3, -0.25) is 4.99 Å². The molecule has 28 heavy (non-hydrogen) atoms. The van der Waals surface area contributed by atoms with Crippen molar-refractivity contribution in [3.63, 3.8) is 0 Å². The SMILES string of the molecule is CCNC(=NCCCn1c(C)nc2ccccc21)NCCCN(C)CCOC. The van der Waals surface area contributed by atoms with Crippen molar-refractivity contribution in [2.45, 2.75) is 33.2 Å². The van der Waals surface area contributed by atoms with E-state index in [0.717, 1.165) is 76.0 Å². The molecular weight excluding hydrogens is 352 g/mol. The van der Waals surface area contributed by atoms with Crippen molar-refractivity contribution in [2.75, 3.05) is 53.5 Å². The van der Waals surface area contributed by atoms with Crippen LogP contribution in [0.2, 0.25) is 0 Å². The molecular formula is C21H36N6O. The van der Waals surface area contributed by atoms with Gasteiger partial charge < -0.3 is 24.8 Å². The molecule has 0 amide bonds. The topological polar surface area (TPSA) is 66.7 Å². The maximum Gasteiger partial charge on any atom is 0.191 e. The number of hydrogen-bond acceptors (Lipinski definition) is 4. The fourth-order valence-electron chi connectivity index (χ4n) is 3.15. The highest BCUT2D eigenvalue weighted by atomic mass is 16.5. The first-order chi connectivity index (χ1) is 13.7. The molecule has 0 aliphatic rings. The zero-order valence-electron chi connectivity index (χ0n) is 17.9. The third-order valence-corrected chi connectivity index (χ3v) is 4.69. The smallest absolute Gasteiger partial charge is 0.191 e. The van der Waals surface area contributed by atoms with Crippen LogP contribution in [0.5, 0.6) is 0 Å². The van der Waals surface area contributed by atoms with E-state index < -0.39 is 0 Å². The molecule has 1 aromatic carbocycles. The number of benzene rings is 1. The summed E-state index contributed by atoms with van der Waals surface area (Å²) in [4.78, 5) is 11.6. The summed E-state index contributed by atoms with van der Waals surface area (Å²) in [7, 11) is 3.87. The van der Waals surface area contributed by atoms with Crippen LogP contribution in [0, 0.1) is 6.92 Å². The molecule has 0 bridgehead atoms. The number of para-hydroxylation sites is 2. The summed E-state index contributed by atoms with van der Waals surface area (Å²) in [5.41, 5.74) is 2.26. The van der Waals surface area contributed by atoms with Gasteiger partial charge in [-0.25, -0.2) is 4.98 Å². The van der Waals surface area contributed by atoms with Crippen molar-refractivity contribution < 1.29 is 4.74 Å². The molecule has 0 radical (unpaired) electrons. The Bertz CT molecular complexity index is 727. The van der Waals surface area contributed by atoms with E-state index in [1.54, 1.807) is 7.11 Å². The number of rotatable bonds is 12. The largest absolute Gasteiger partial charge is 0.383 e. The summed E-state index contributed by atoms with van der Waals surface area (Å²) < 4.78 is 7.39. The third-order valence-electron chi connectivity index (χ3n) is 4.69. The van der Waals surface area contributed by atoms with Gasteiger partial charge in [-0.1, -0.05) is 12.1 Å². The summed E-state index contributed by atoms with van der Waals surface area (Å²) in [6.07, 6.45) is 2.06. The average molecular weight is 389 g/mol. The maximum atomic E-state index is 5.11. The minimum atomic E-state index is 0.777. The minimum Gasteiger partial charge on any atom is -0.383 e. The molecule has 0 fully saturated rings. The Morgan fingerprint density at radius 3 is 2.82 bits per heavy atom. The summed E-state index contributed by atoms with van der Waals surface area (Å²) in [6, 6.07) is 8.30. The normalized spacial score (nSPS) is 12.1. The van der Waals surface area contributed by atoms with Crippen molar-refractivity contribution in [3.05, 3.63) is 30.1 Å². The van der Waals surface area contributed by atoms with E-state index in [-0.39, 0.29) is 0 Å². The second-order valence-corrected chi connectivity index (χ2v) is 6.99. The number of fused-ring (bicyclic) bond motifs is 1. The Balaban J connectivity index is 1.75. The molecule has 2 rings (SSSR count). The second-order valence-electron chi connectivity index (χ2n) is 6.99. The van der Waals surface area contributed by atoms with E-state index in [1.807, 2.05) is 6.07 Å². The quantitative estimate of drug-likeness (QED) is 0.332. The minimum absolute atomic E-state index is 0.777. The van der Waals surface area contributed by atoms with Crippen molar-refractivity contribution in [2.24, 2.45) is 4.99 Å². The Hall–Kier alpha value is -2.12. The lowest BCUT2D eigenvalue weighted by Crippen LogP contribution is -2.38. The van der Waals surface area contributed by atoms with Crippen LogP contribution in [0.1, 0.15) is 25.6 Å². The molecule has 0 saturated carbocycles. The summed E-state index contributed by atoms with van der Waals surface area (Å²) in [6.45, 7) is 10.4. The Morgan fingerprint density at radius 2 is 2.04 bits per heavy atom. The summed E-state index contributed by atoms with van der Waals surface area (Å²) in [5.74, 6) is 1.96. The Morgan fingerprint density at radius 1 is 1.21 bits per heavy atom. The molecule has 1 heterocycles. The standard InChI is InChI=1S/C21H36N6O/c1-5-22-21(23-12-8-14-26(3)16-17-28-4)24-13-9-15-27-18(2)25-19-10-6-7-11-20(19)27/h6-7,10-11H,5,8-9,12-17H2,1-4H3,(H2,22,23,24). The van der Waals surface area contributed by atoms with Gasteiger partial charge in [-0.05, 0) is 52.4 Å². The first-order valence-electron chi connectivity index (χ1n) is 10.3. The van der Waals surface area contributed by atoms with Crippen LogP contribution >= 0.6 is 0 Å². The van der Waals surface area contributed by atoms with Crippen LogP contribution in [-0.2, 0) is 11.3 Å². The monoisotopic (exact) mass is 388 g/mol. The number of likely N-dealkylation sites (N-methyl/N-ethyl adjacent to an activating group) is 1. The Labute approximate surface area is 169 Å². The van der Waals surface area contributed by atoms with E-state index in [1.165, 1.54) is 5.52 Å². The van der Waals surface area contributed by atoms with Gasteiger partial charge in [0.05, 0.1) is 17.6 Å². The highest BCUT2D eigenvalue weighted by Crippen LogP contribution is 2.15. The maximum absolute atomic E-state index is 5.11. The molecule has 1 aromatic heterocycles. The molecule has 7 nitrogen and oxygen atoms in total. The number of nitrogens with one attached hydrogen (secondary N) is 2. The predicted octanol–water partition coefficient (Wildman–Crippen LogP) is 2.26. The van der Waals surface area contributed by atoms with Gasteiger partial charge in [0.25, 0.3) is 0 Å². The van der Waals surface area contributed by atoms with Crippen LogP contribution in [0.4, 0.5) is 0 Å². The second kappa shape index (κ2) is 12.4. The van der Waals surface area contributed by atoms with Crippen molar-refractivity contribution >= 4 is 17.0 Å². The lowest BCUT2D eigenvalue weighted by molar-refractivity contribution is 0.161. The first kappa shape index (κ1) is 22.2. The van der Waals surface area contributed by atoms with Crippen LogP contribution in [0.3, 0.4) is 0 Å². The van der Waals surface area contributed by atoms with Crippen LogP contribution in [0.25, 0.3) is 11.0 Å². The molecule has 2 aromatic rings. The Kier molecular flexibility index (Phi) is 9.79. The van der Waals surface area contributed by atoms with E-state index in [4.69, 9.17) is 9.73 Å². The van der Waals surface area contributed by atoms with Crippen LogP contribution in [0.15, 0.2) is 29.3 Å². The molecule has 7 heteroatoms. The van der Waals surface area contributed by atoms with E-state index in [0.29, 0.717) is 0 Å². The highest BCUT2D eigenvalue weighted by molar-refractivity contribution is 5.79. The summed E-state index contributed by atoms with van der Waals surface area (Å²) >= 11 is 0. The molecule has 2 N–H and O–H groups in total. The van der Waals surface area contributed by atoms with E-state index in [9.17, 15) is 0 Å². The number of aromatic nitrogens is 2. The zero-order chi connectivity index (χ0) is 20.2. The van der Waals surface area contributed by atoms with Gasteiger partial charge in [0.2, 0.25) is 0 Å². The van der Waals surface area contributed by atoms with Gasteiger partial charge >= 0.3 is 0 Å². The molecule has 0 atom stereocenters. The van der Waals surface area contributed by atoms with Gasteiger partial charge in [-0.2, -0.15) is 0 Å². The van der Waals surface area contributed by atoms with Gasteiger partial charge in [0.15, 0.2) is 5.96 Å². The lowest BCUT2D eigenvalue weighted by Gasteiger charge is -2.17. The van der Waals surface area contributed by atoms with E-state index in [2.05, 4.69) is 64.2 Å².